The lowest BCUT2D eigenvalue weighted by Crippen LogP contribution is -2.65. The number of benzene rings is 2. The number of para-hydroxylation sites is 1. The number of hydrogen-bond acceptors (Lipinski definition) is 5. The second kappa shape index (κ2) is 10.3. The predicted molar refractivity (Wildman–Crippen MR) is 145 cm³/mol. The smallest absolute Gasteiger partial charge is 0.226 e. The number of carbonyl (C=O) groups excluding carboxylic acids is 3. The van der Waals surface area contributed by atoms with Gasteiger partial charge in [0.25, 0.3) is 0 Å². The van der Waals surface area contributed by atoms with E-state index in [0.717, 1.165) is 18.4 Å². The van der Waals surface area contributed by atoms with Crippen LogP contribution in [0.25, 0.3) is 11.0 Å². The Hall–Kier alpha value is -3.79. The number of H-pyrrole nitrogens is 1. The van der Waals surface area contributed by atoms with Crippen molar-refractivity contribution in [2.45, 2.75) is 57.2 Å². The Morgan fingerprint density at radius 2 is 1.98 bits per heavy atom. The first-order chi connectivity index (χ1) is 19.3. The molecule has 3 fully saturated rings. The van der Waals surface area contributed by atoms with Gasteiger partial charge in [-0.25, -0.2) is 9.37 Å². The minimum absolute atomic E-state index is 0.00962. The summed E-state index contributed by atoms with van der Waals surface area (Å²) >= 11 is 0. The number of rotatable bonds is 8. The van der Waals surface area contributed by atoms with Gasteiger partial charge < -0.3 is 25.7 Å². The van der Waals surface area contributed by atoms with Gasteiger partial charge in [-0.15, -0.1) is 0 Å². The molecule has 1 aromatic heterocycles. The van der Waals surface area contributed by atoms with E-state index in [1.807, 2.05) is 35.2 Å². The van der Waals surface area contributed by atoms with E-state index in [1.54, 1.807) is 19.1 Å². The van der Waals surface area contributed by atoms with Crippen LogP contribution in [0, 0.1) is 23.1 Å². The van der Waals surface area contributed by atoms with E-state index in [2.05, 4.69) is 15.3 Å². The summed E-state index contributed by atoms with van der Waals surface area (Å²) in [7, 11) is 0. The van der Waals surface area contributed by atoms with E-state index in [-0.39, 0.29) is 47.0 Å². The lowest BCUT2D eigenvalue weighted by atomic mass is 9.54. The maximum atomic E-state index is 14.2. The summed E-state index contributed by atoms with van der Waals surface area (Å²) < 4.78 is 20.2. The van der Waals surface area contributed by atoms with Gasteiger partial charge in [0.1, 0.15) is 11.3 Å². The van der Waals surface area contributed by atoms with Crippen LogP contribution in [0.15, 0.2) is 48.5 Å². The number of nitrogens with two attached hydrogens (primary N) is 1. The molecule has 40 heavy (non-hydrogen) atoms. The average Bonchev–Trinajstić information content (AvgIpc) is 3.56. The first-order valence-electron chi connectivity index (χ1n) is 14.0. The maximum absolute atomic E-state index is 14.2. The van der Waals surface area contributed by atoms with Crippen molar-refractivity contribution in [2.24, 2.45) is 23.0 Å². The maximum Gasteiger partial charge on any atom is 0.226 e. The number of hydrogen-bond donors (Lipinski definition) is 3. The first kappa shape index (κ1) is 26.4. The zero-order chi connectivity index (χ0) is 28.0. The van der Waals surface area contributed by atoms with Crippen molar-refractivity contribution in [1.29, 1.82) is 0 Å². The number of carbonyl (C=O) groups is 3. The molecular formula is C30H34FN5O4. The Balaban J connectivity index is 1.22. The molecule has 2 aliphatic heterocycles. The average molecular weight is 548 g/mol. The molecule has 2 aromatic carbocycles. The largest absolute Gasteiger partial charge is 0.376 e. The minimum Gasteiger partial charge on any atom is -0.376 e. The minimum atomic E-state index is -0.754. The van der Waals surface area contributed by atoms with Crippen LogP contribution in [0.2, 0.25) is 0 Å². The number of imidazole rings is 1. The third kappa shape index (κ3) is 4.64. The van der Waals surface area contributed by atoms with Crippen molar-refractivity contribution in [3.8, 4) is 0 Å². The number of aromatic amines is 1. The third-order valence-corrected chi connectivity index (χ3v) is 8.97. The van der Waals surface area contributed by atoms with Gasteiger partial charge in [-0.2, -0.15) is 0 Å². The fourth-order valence-corrected chi connectivity index (χ4v) is 6.77. The molecule has 4 N–H and O–H groups in total. The standard InChI is InChI=1S/C30H34FN5O4/c1-17(28-34-22-10-5-9-21(31)25(22)35-28)33-29(39)20(26-30(16-40-26)14-19(15-30)27(32)38)13-24(37)36-12-6-11-23(36)18-7-3-2-4-8-18/h2-5,7-10,17,19-20,23,26H,6,11-16H2,1H3,(H2,32,38)(H,33,39)(H,34,35)/t17-,19?,20-,23-,26?,30?/m0/s1. The molecular weight excluding hydrogens is 513 g/mol. The van der Waals surface area contributed by atoms with Gasteiger partial charge in [0.05, 0.1) is 36.2 Å². The molecule has 0 bridgehead atoms. The molecule has 9 nitrogen and oxygen atoms in total. The van der Waals surface area contributed by atoms with Gasteiger partial charge in [0.2, 0.25) is 17.7 Å². The SMILES string of the molecule is C[C@H](NC(=O)[C@@H](CC(=O)N1CCC[C@H]1c1ccccc1)C1OCC12CC(C(N)=O)C2)c1nc2c(F)cccc2[nH]1. The van der Waals surface area contributed by atoms with E-state index in [4.69, 9.17) is 10.5 Å². The van der Waals surface area contributed by atoms with Crippen molar-refractivity contribution in [2.75, 3.05) is 13.2 Å². The summed E-state index contributed by atoms with van der Waals surface area (Å²) in [5.74, 6) is -1.79. The van der Waals surface area contributed by atoms with Gasteiger partial charge in [0, 0.05) is 24.3 Å². The Kier molecular flexibility index (Phi) is 6.82. The van der Waals surface area contributed by atoms with Crippen molar-refractivity contribution >= 4 is 28.8 Å². The Bertz CT molecular complexity index is 1440. The monoisotopic (exact) mass is 547 g/mol. The van der Waals surface area contributed by atoms with E-state index < -0.39 is 23.9 Å². The zero-order valence-electron chi connectivity index (χ0n) is 22.4. The van der Waals surface area contributed by atoms with Crippen molar-refractivity contribution in [3.63, 3.8) is 0 Å². The summed E-state index contributed by atoms with van der Waals surface area (Å²) in [5.41, 5.74) is 7.02. The molecule has 0 radical (unpaired) electrons. The van der Waals surface area contributed by atoms with Crippen LogP contribution in [-0.4, -0.2) is 51.8 Å². The topological polar surface area (TPSA) is 130 Å². The van der Waals surface area contributed by atoms with Gasteiger partial charge in [-0.3, -0.25) is 14.4 Å². The second-order valence-corrected chi connectivity index (χ2v) is 11.6. The van der Waals surface area contributed by atoms with Crippen molar-refractivity contribution < 1.29 is 23.5 Å². The van der Waals surface area contributed by atoms with E-state index >= 15 is 0 Å². The number of amides is 3. The third-order valence-electron chi connectivity index (χ3n) is 8.97. The molecule has 1 spiro atoms. The predicted octanol–water partition coefficient (Wildman–Crippen LogP) is 3.53. The lowest BCUT2D eigenvalue weighted by molar-refractivity contribution is -0.255. The number of aromatic nitrogens is 2. The van der Waals surface area contributed by atoms with Crippen LogP contribution in [0.5, 0.6) is 0 Å². The van der Waals surface area contributed by atoms with E-state index in [0.29, 0.717) is 37.3 Å². The molecule has 210 valence electrons. The molecule has 3 aromatic rings. The Morgan fingerprint density at radius 1 is 1.20 bits per heavy atom. The van der Waals surface area contributed by atoms with E-state index in [1.165, 1.54) is 6.07 Å². The number of nitrogens with zero attached hydrogens (tertiary/aromatic N) is 2. The van der Waals surface area contributed by atoms with Gasteiger partial charge >= 0.3 is 0 Å². The van der Waals surface area contributed by atoms with Crippen LogP contribution in [-0.2, 0) is 19.1 Å². The molecule has 4 atom stereocenters. The molecule has 1 unspecified atom stereocenters. The fraction of sp³-hybridized carbons (Fsp3) is 0.467. The number of likely N-dealkylation sites (tertiary alicyclic amines) is 1. The molecule has 1 aliphatic carbocycles. The molecule has 10 heteroatoms. The molecule has 1 saturated carbocycles. The molecule has 6 rings (SSSR count). The molecule has 3 amide bonds. The highest BCUT2D eigenvalue weighted by Gasteiger charge is 2.61. The van der Waals surface area contributed by atoms with Crippen LogP contribution >= 0.6 is 0 Å². The van der Waals surface area contributed by atoms with Gasteiger partial charge in [-0.1, -0.05) is 36.4 Å². The summed E-state index contributed by atoms with van der Waals surface area (Å²) in [6, 6.07) is 14.0. The van der Waals surface area contributed by atoms with Gasteiger partial charge in [0.15, 0.2) is 5.82 Å². The summed E-state index contributed by atoms with van der Waals surface area (Å²) in [6.07, 6.45) is 2.37. The van der Waals surface area contributed by atoms with Crippen molar-refractivity contribution in [1.82, 2.24) is 20.2 Å². The number of nitrogens with one attached hydrogen (secondary N) is 2. The highest BCUT2D eigenvalue weighted by Crippen LogP contribution is 2.57. The summed E-state index contributed by atoms with van der Waals surface area (Å²) in [5, 5.41) is 2.99. The Labute approximate surface area is 231 Å². The number of halogens is 1. The number of primary amides is 1. The number of fused-ring (bicyclic) bond motifs is 1. The fourth-order valence-electron chi connectivity index (χ4n) is 6.77. The van der Waals surface area contributed by atoms with Crippen molar-refractivity contribution in [3.05, 3.63) is 65.7 Å². The number of ether oxygens (including phenoxy) is 1. The van der Waals surface area contributed by atoms with Gasteiger partial charge in [-0.05, 0) is 50.3 Å². The molecule has 2 saturated heterocycles. The zero-order valence-corrected chi connectivity index (χ0v) is 22.4. The quantitative estimate of drug-likeness (QED) is 0.397. The molecule has 3 heterocycles. The highest BCUT2D eigenvalue weighted by molar-refractivity contribution is 5.87. The summed E-state index contributed by atoms with van der Waals surface area (Å²) in [4.78, 5) is 48.6. The second-order valence-electron chi connectivity index (χ2n) is 11.6. The summed E-state index contributed by atoms with van der Waals surface area (Å²) in [6.45, 7) is 2.84. The van der Waals surface area contributed by atoms with E-state index in [9.17, 15) is 18.8 Å². The normalized spacial score (nSPS) is 27.1. The lowest BCUT2D eigenvalue weighted by Gasteiger charge is -2.59. The molecule has 3 aliphatic rings. The van der Waals surface area contributed by atoms with Crippen LogP contribution in [0.4, 0.5) is 4.39 Å². The highest BCUT2D eigenvalue weighted by atomic mass is 19.1. The first-order valence-corrected chi connectivity index (χ1v) is 14.0. The van der Waals surface area contributed by atoms with Crippen LogP contribution < -0.4 is 11.1 Å². The van der Waals surface area contributed by atoms with Crippen LogP contribution in [0.3, 0.4) is 0 Å². The van der Waals surface area contributed by atoms with Crippen LogP contribution in [0.1, 0.15) is 62.5 Å². The Morgan fingerprint density at radius 3 is 2.65 bits per heavy atom.